The van der Waals surface area contributed by atoms with Crippen LogP contribution in [0.4, 0.5) is 0 Å². The van der Waals surface area contributed by atoms with Gasteiger partial charge in [0.1, 0.15) is 5.52 Å². The molecule has 1 aromatic carbocycles. The Kier molecular flexibility index (Phi) is 6.10. The van der Waals surface area contributed by atoms with Crippen molar-refractivity contribution in [2.24, 2.45) is 5.25 Å². The number of halogens is 3. The Labute approximate surface area is 126 Å². The van der Waals surface area contributed by atoms with Crippen LogP contribution < -0.4 is 5.25 Å². The first-order valence-corrected chi connectivity index (χ1v) is 6.51. The monoisotopic (exact) mass is 321 g/mol. The largest absolute Gasteiger partial charge is 0.504 e. The minimum absolute atomic E-state index is 0.0216. The van der Waals surface area contributed by atoms with Crippen LogP contribution in [0.15, 0.2) is 18.2 Å². The fraction of sp³-hybridized carbons (Fsp3) is 0.250. The van der Waals surface area contributed by atoms with Gasteiger partial charge >= 0.3 is 0 Å². The van der Waals surface area contributed by atoms with Gasteiger partial charge in [0.15, 0.2) is 5.75 Å². The van der Waals surface area contributed by atoms with E-state index in [0.29, 0.717) is 22.5 Å². The van der Waals surface area contributed by atoms with E-state index >= 15 is 0 Å². The van der Waals surface area contributed by atoms with Crippen LogP contribution in [0.1, 0.15) is 5.69 Å². The Hall–Kier alpha value is -0.780. The predicted octanol–water partition coefficient (Wildman–Crippen LogP) is 3.41. The van der Waals surface area contributed by atoms with Gasteiger partial charge in [-0.2, -0.15) is 0 Å². The molecule has 0 aliphatic heterocycles. The van der Waals surface area contributed by atoms with Crippen LogP contribution in [0.5, 0.6) is 5.75 Å². The molecule has 104 valence electrons. The lowest BCUT2D eigenvalue weighted by Gasteiger charge is -2.11. The number of nitrogens with zero attached hydrogens (tertiary/aromatic N) is 2. The van der Waals surface area contributed by atoms with E-state index in [4.69, 9.17) is 23.2 Å². The smallest absolute Gasteiger partial charge is 0.160 e. The summed E-state index contributed by atoms with van der Waals surface area (Å²) in [6.07, 6.45) is 0. The van der Waals surface area contributed by atoms with Gasteiger partial charge in [0, 0.05) is 11.9 Å². The molecular formula is C12H14Cl3N3O. The zero-order chi connectivity index (χ0) is 14.6. The molecule has 0 unspecified atom stereocenters. The quantitative estimate of drug-likeness (QED) is 0.832. The van der Waals surface area contributed by atoms with Crippen LogP contribution in [-0.4, -0.2) is 29.1 Å². The normalized spacial score (nSPS) is 10.5. The first-order chi connectivity index (χ1) is 8.99. The lowest BCUT2D eigenvalue weighted by Crippen LogP contribution is -2.11. The summed E-state index contributed by atoms with van der Waals surface area (Å²) in [6, 6.07) is 5.26. The number of nitrogens with two attached hydrogens (primary N) is 1. The highest BCUT2D eigenvalue weighted by Crippen LogP contribution is 2.36. The molecule has 1 aromatic heterocycles. The molecular weight excluding hydrogens is 309 g/mol. The number of aromatic hydroxyl groups is 1. The van der Waals surface area contributed by atoms with Gasteiger partial charge in [-0.1, -0.05) is 23.2 Å². The van der Waals surface area contributed by atoms with E-state index in [-0.39, 0.29) is 10.8 Å². The van der Waals surface area contributed by atoms with Crippen LogP contribution >= 0.6 is 35.0 Å². The lowest BCUT2D eigenvalue weighted by molar-refractivity contribution is 0.397. The highest BCUT2D eigenvalue weighted by Gasteiger charge is 2.11. The van der Waals surface area contributed by atoms with Gasteiger partial charge in [-0.25, -0.2) is 10.2 Å². The van der Waals surface area contributed by atoms with Gasteiger partial charge in [-0.05, 0) is 44.1 Å². The van der Waals surface area contributed by atoms with Crippen molar-refractivity contribution in [3.63, 3.8) is 0 Å². The van der Waals surface area contributed by atoms with Crippen molar-refractivity contribution in [3.8, 4) is 5.75 Å². The van der Waals surface area contributed by atoms with Crippen molar-refractivity contribution >= 4 is 45.9 Å². The average molecular weight is 323 g/mol. The van der Waals surface area contributed by atoms with Crippen molar-refractivity contribution in [1.29, 1.82) is 0 Å². The van der Waals surface area contributed by atoms with E-state index in [9.17, 15) is 5.11 Å². The van der Waals surface area contributed by atoms with E-state index in [1.807, 2.05) is 31.1 Å². The number of hydrogen-bond acceptors (Lipinski definition) is 4. The van der Waals surface area contributed by atoms with Crippen molar-refractivity contribution in [2.45, 2.75) is 6.54 Å². The van der Waals surface area contributed by atoms with Crippen LogP contribution in [0, 0.1) is 0 Å². The van der Waals surface area contributed by atoms with Crippen LogP contribution in [0.2, 0.25) is 10.0 Å². The number of pyridine rings is 1. The Morgan fingerprint density at radius 2 is 1.84 bits per heavy atom. The maximum absolute atomic E-state index is 9.87. The average Bonchev–Trinajstić information content (AvgIpc) is 2.37. The van der Waals surface area contributed by atoms with Crippen LogP contribution in [-0.2, 0) is 6.54 Å². The molecule has 0 spiro atoms. The molecule has 0 radical (unpaired) electrons. The topological polar surface area (TPSA) is 62.4 Å². The third-order valence-corrected chi connectivity index (χ3v) is 2.99. The van der Waals surface area contributed by atoms with E-state index in [0.717, 1.165) is 5.69 Å². The predicted molar refractivity (Wildman–Crippen MR) is 80.9 cm³/mol. The molecule has 3 N–H and O–H groups in total. The number of fused-ring (bicyclic) bond motifs is 1. The molecule has 4 nitrogen and oxygen atoms in total. The maximum Gasteiger partial charge on any atom is 0.160 e. The fourth-order valence-electron chi connectivity index (χ4n) is 1.66. The zero-order valence-electron chi connectivity index (χ0n) is 10.5. The summed E-state index contributed by atoms with van der Waals surface area (Å²) in [4.78, 5) is 6.37. The minimum Gasteiger partial charge on any atom is -0.504 e. The summed E-state index contributed by atoms with van der Waals surface area (Å²) >= 11 is 16.1. The molecule has 0 aliphatic carbocycles. The third kappa shape index (κ3) is 3.84. The minimum atomic E-state index is -0.0216. The standard InChI is InChI=1S/C12H12Cl2N2O.ClH2N/c1-16(2)6-7-3-4-8-9(13)5-10(14)12(17)11(8)15-7;1-2/h3-5,17H,6H2,1-2H3;2H2. The summed E-state index contributed by atoms with van der Waals surface area (Å²) in [5.74, 6) is -0.0216. The molecule has 0 saturated heterocycles. The molecule has 0 amide bonds. The van der Waals surface area contributed by atoms with Gasteiger partial charge in [0.05, 0.1) is 15.7 Å². The van der Waals surface area contributed by atoms with Gasteiger partial charge in [0.25, 0.3) is 0 Å². The summed E-state index contributed by atoms with van der Waals surface area (Å²) < 4.78 is 0. The van der Waals surface area contributed by atoms with Gasteiger partial charge in [0.2, 0.25) is 0 Å². The first kappa shape index (κ1) is 16.3. The van der Waals surface area contributed by atoms with Gasteiger partial charge in [-0.15, -0.1) is 0 Å². The van der Waals surface area contributed by atoms with Crippen LogP contribution in [0.3, 0.4) is 0 Å². The fourth-order valence-corrected chi connectivity index (χ4v) is 2.17. The number of aromatic nitrogens is 1. The maximum atomic E-state index is 9.87. The van der Waals surface area contributed by atoms with E-state index < -0.39 is 0 Å². The molecule has 1 heterocycles. The second kappa shape index (κ2) is 7.12. The molecule has 0 bridgehead atoms. The third-order valence-electron chi connectivity index (χ3n) is 2.39. The first-order valence-electron chi connectivity index (χ1n) is 5.32. The van der Waals surface area contributed by atoms with E-state index in [2.05, 4.69) is 22.0 Å². The number of hydrogen-bond donors (Lipinski definition) is 2. The van der Waals surface area contributed by atoms with Gasteiger partial charge in [-0.3, -0.25) is 0 Å². The number of phenols is 1. The summed E-state index contributed by atoms with van der Waals surface area (Å²) in [6.45, 7) is 0.694. The van der Waals surface area contributed by atoms with E-state index in [1.54, 1.807) is 0 Å². The van der Waals surface area contributed by atoms with Crippen molar-refractivity contribution in [3.05, 3.63) is 33.9 Å². The highest BCUT2D eigenvalue weighted by atomic mass is 35.5. The second-order valence-electron chi connectivity index (χ2n) is 4.13. The molecule has 2 rings (SSSR count). The SMILES string of the molecule is CN(C)Cc1ccc2c(Cl)cc(Cl)c(O)c2n1.NCl. The number of benzene rings is 1. The van der Waals surface area contributed by atoms with Crippen LogP contribution in [0.25, 0.3) is 10.9 Å². The van der Waals surface area contributed by atoms with Gasteiger partial charge < -0.3 is 10.0 Å². The number of phenolic OH excluding ortho intramolecular Hbond substituents is 1. The molecule has 0 aliphatic rings. The Morgan fingerprint density at radius 3 is 2.42 bits per heavy atom. The molecule has 0 saturated carbocycles. The Bertz CT molecular complexity index is 576. The second-order valence-corrected chi connectivity index (χ2v) is 4.94. The zero-order valence-corrected chi connectivity index (χ0v) is 12.8. The molecule has 19 heavy (non-hydrogen) atoms. The Morgan fingerprint density at radius 1 is 1.21 bits per heavy atom. The summed E-state index contributed by atoms with van der Waals surface area (Å²) in [5, 5.41) is 15.3. The van der Waals surface area contributed by atoms with Crippen molar-refractivity contribution in [2.75, 3.05) is 14.1 Å². The molecule has 2 aromatic rings. The van der Waals surface area contributed by atoms with Crippen molar-refractivity contribution in [1.82, 2.24) is 9.88 Å². The lowest BCUT2D eigenvalue weighted by atomic mass is 10.2. The molecule has 0 atom stereocenters. The van der Waals surface area contributed by atoms with E-state index in [1.165, 1.54) is 6.07 Å². The summed E-state index contributed by atoms with van der Waals surface area (Å²) in [7, 11) is 3.91. The summed E-state index contributed by atoms with van der Waals surface area (Å²) in [5.41, 5.74) is 1.30. The Balaban J connectivity index is 0.000000861. The van der Waals surface area contributed by atoms with Crippen molar-refractivity contribution < 1.29 is 5.11 Å². The number of rotatable bonds is 2. The molecule has 0 fully saturated rings. The highest BCUT2D eigenvalue weighted by molar-refractivity contribution is 6.39. The molecule has 7 heteroatoms.